The second kappa shape index (κ2) is 4.73. The van der Waals surface area contributed by atoms with Crippen molar-refractivity contribution in [2.75, 3.05) is 13.1 Å². The van der Waals surface area contributed by atoms with E-state index in [1.54, 1.807) is 0 Å². The van der Waals surface area contributed by atoms with Crippen LogP contribution in [-0.4, -0.2) is 56.5 Å². The van der Waals surface area contributed by atoms with Crippen LogP contribution in [0, 0.1) is 0 Å². The number of hydrogen-bond donors (Lipinski definition) is 2. The van der Waals surface area contributed by atoms with E-state index in [4.69, 9.17) is 23.2 Å². The zero-order chi connectivity index (χ0) is 12.6. The standard InChI is InChI=1S/C9H9Cl2N3O3/c10-7-1-4(8(11)13-12-7)9(17)14-2-5(15)6(16)3-14/h1,5-6,15-16H,2-3H2/t5-,6+. The molecule has 1 fully saturated rings. The van der Waals surface area contributed by atoms with E-state index in [0.717, 1.165) is 0 Å². The summed E-state index contributed by atoms with van der Waals surface area (Å²) in [6, 6.07) is 1.30. The van der Waals surface area contributed by atoms with E-state index in [1.807, 2.05) is 0 Å². The monoisotopic (exact) mass is 277 g/mol. The molecule has 0 radical (unpaired) electrons. The van der Waals surface area contributed by atoms with Crippen molar-refractivity contribution >= 4 is 29.1 Å². The summed E-state index contributed by atoms with van der Waals surface area (Å²) in [6.07, 6.45) is -1.88. The number of rotatable bonds is 1. The average molecular weight is 278 g/mol. The number of aliphatic hydroxyl groups excluding tert-OH is 2. The summed E-state index contributed by atoms with van der Waals surface area (Å²) in [5.41, 5.74) is 0.105. The first-order valence-corrected chi connectivity index (χ1v) is 5.58. The largest absolute Gasteiger partial charge is 0.388 e. The van der Waals surface area contributed by atoms with Crippen LogP contribution >= 0.6 is 23.2 Å². The number of nitrogens with zero attached hydrogens (tertiary/aromatic N) is 3. The molecule has 1 aromatic heterocycles. The van der Waals surface area contributed by atoms with Crippen LogP contribution in [0.4, 0.5) is 0 Å². The van der Waals surface area contributed by atoms with Gasteiger partial charge in [0.05, 0.1) is 17.8 Å². The molecule has 1 saturated heterocycles. The van der Waals surface area contributed by atoms with Crippen molar-refractivity contribution in [3.63, 3.8) is 0 Å². The maximum Gasteiger partial charge on any atom is 0.257 e. The van der Waals surface area contributed by atoms with Crippen LogP contribution in [0.5, 0.6) is 0 Å². The molecule has 0 saturated carbocycles. The first-order valence-electron chi connectivity index (χ1n) is 4.83. The Kier molecular flexibility index (Phi) is 3.48. The second-order valence-corrected chi connectivity index (χ2v) is 4.46. The highest BCUT2D eigenvalue weighted by Gasteiger charge is 2.33. The summed E-state index contributed by atoms with van der Waals surface area (Å²) < 4.78 is 0. The zero-order valence-corrected chi connectivity index (χ0v) is 10.1. The van der Waals surface area contributed by atoms with Crippen molar-refractivity contribution in [2.45, 2.75) is 12.2 Å². The Morgan fingerprint density at radius 2 is 1.88 bits per heavy atom. The number of β-amino-alcohol motifs (C(OH)–C–C–N with tert-alkyl or cyclic N) is 2. The van der Waals surface area contributed by atoms with E-state index in [0.29, 0.717) is 0 Å². The molecule has 17 heavy (non-hydrogen) atoms. The number of aliphatic hydroxyl groups is 2. The van der Waals surface area contributed by atoms with Gasteiger partial charge in [-0.1, -0.05) is 23.2 Å². The molecule has 2 rings (SSSR count). The van der Waals surface area contributed by atoms with Gasteiger partial charge in [-0.3, -0.25) is 4.79 Å². The van der Waals surface area contributed by atoms with Crippen molar-refractivity contribution in [1.29, 1.82) is 0 Å². The van der Waals surface area contributed by atoms with E-state index in [-0.39, 0.29) is 29.0 Å². The van der Waals surface area contributed by atoms with Gasteiger partial charge in [-0.25, -0.2) is 0 Å². The number of aromatic nitrogens is 2. The quantitative estimate of drug-likeness (QED) is 0.752. The third-order valence-corrected chi connectivity index (χ3v) is 2.96. The Labute approximate surface area is 107 Å². The maximum atomic E-state index is 12.0. The van der Waals surface area contributed by atoms with Crippen LogP contribution in [-0.2, 0) is 0 Å². The van der Waals surface area contributed by atoms with Crippen LogP contribution in [0.3, 0.4) is 0 Å². The fraction of sp³-hybridized carbons (Fsp3) is 0.444. The van der Waals surface area contributed by atoms with Crippen LogP contribution in [0.1, 0.15) is 10.4 Å². The minimum absolute atomic E-state index is 0.0519. The molecular weight excluding hydrogens is 269 g/mol. The van der Waals surface area contributed by atoms with Crippen LogP contribution in [0.15, 0.2) is 6.07 Å². The SMILES string of the molecule is O=C(c1cc(Cl)nnc1Cl)N1C[C@@H](O)[C@@H](O)C1. The predicted molar refractivity (Wildman–Crippen MR) is 60.0 cm³/mol. The van der Waals surface area contributed by atoms with Gasteiger partial charge < -0.3 is 15.1 Å². The number of amides is 1. The molecular formula is C9H9Cl2N3O3. The molecule has 2 atom stereocenters. The summed E-state index contributed by atoms with van der Waals surface area (Å²) in [5, 5.41) is 25.7. The average Bonchev–Trinajstić information content (AvgIpc) is 2.62. The van der Waals surface area contributed by atoms with E-state index in [9.17, 15) is 15.0 Å². The number of carbonyl (C=O) groups is 1. The topological polar surface area (TPSA) is 86.6 Å². The second-order valence-electron chi connectivity index (χ2n) is 3.72. The minimum Gasteiger partial charge on any atom is -0.388 e. The number of hydrogen-bond acceptors (Lipinski definition) is 5. The zero-order valence-electron chi connectivity index (χ0n) is 8.55. The molecule has 0 spiro atoms. The summed E-state index contributed by atoms with van der Waals surface area (Å²) in [4.78, 5) is 13.3. The highest BCUT2D eigenvalue weighted by Crippen LogP contribution is 2.20. The molecule has 0 unspecified atom stereocenters. The molecule has 2 N–H and O–H groups in total. The Morgan fingerprint density at radius 3 is 2.47 bits per heavy atom. The highest BCUT2D eigenvalue weighted by molar-refractivity contribution is 6.34. The van der Waals surface area contributed by atoms with Crippen molar-refractivity contribution in [2.24, 2.45) is 0 Å². The first kappa shape index (κ1) is 12.5. The fourth-order valence-corrected chi connectivity index (χ4v) is 1.93. The molecule has 1 amide bonds. The minimum atomic E-state index is -0.942. The van der Waals surface area contributed by atoms with Gasteiger partial charge in [0.2, 0.25) is 0 Å². The molecule has 2 heterocycles. The predicted octanol–water partition coefficient (Wildman–Crippen LogP) is -0.0390. The molecule has 1 aliphatic heterocycles. The highest BCUT2D eigenvalue weighted by atomic mass is 35.5. The summed E-state index contributed by atoms with van der Waals surface area (Å²) in [6.45, 7) is 0.104. The van der Waals surface area contributed by atoms with Crippen LogP contribution in [0.25, 0.3) is 0 Å². The molecule has 0 aliphatic carbocycles. The molecule has 1 aliphatic rings. The maximum absolute atomic E-state index is 12.0. The molecule has 8 heteroatoms. The van der Waals surface area contributed by atoms with Gasteiger partial charge in [0.15, 0.2) is 10.3 Å². The summed E-state index contributed by atoms with van der Waals surface area (Å²) in [5.74, 6) is -0.442. The first-order chi connectivity index (χ1) is 7.99. The molecule has 6 nitrogen and oxygen atoms in total. The lowest BCUT2D eigenvalue weighted by molar-refractivity contribution is 0.0572. The Balaban J connectivity index is 2.23. The van der Waals surface area contributed by atoms with Crippen molar-refractivity contribution < 1.29 is 15.0 Å². The Bertz CT molecular complexity index is 447. The number of halogens is 2. The van der Waals surface area contributed by atoms with Gasteiger partial charge in [-0.05, 0) is 6.07 Å². The number of carbonyl (C=O) groups excluding carboxylic acids is 1. The lowest BCUT2D eigenvalue weighted by Crippen LogP contribution is -2.30. The van der Waals surface area contributed by atoms with Crippen LogP contribution in [0.2, 0.25) is 10.3 Å². The summed E-state index contributed by atoms with van der Waals surface area (Å²) in [7, 11) is 0. The van der Waals surface area contributed by atoms with E-state index in [1.165, 1.54) is 11.0 Å². The van der Waals surface area contributed by atoms with Gasteiger partial charge in [0, 0.05) is 13.1 Å². The Morgan fingerprint density at radius 1 is 1.29 bits per heavy atom. The molecule has 0 aromatic carbocycles. The Hall–Kier alpha value is -0.950. The van der Waals surface area contributed by atoms with Crippen molar-refractivity contribution in [3.05, 3.63) is 21.9 Å². The lowest BCUT2D eigenvalue weighted by Gasteiger charge is -2.15. The van der Waals surface area contributed by atoms with Gasteiger partial charge in [-0.2, -0.15) is 0 Å². The van der Waals surface area contributed by atoms with Crippen molar-refractivity contribution in [1.82, 2.24) is 15.1 Å². The third-order valence-electron chi connectivity index (χ3n) is 2.50. The lowest BCUT2D eigenvalue weighted by atomic mass is 10.3. The normalized spacial score (nSPS) is 24.1. The van der Waals surface area contributed by atoms with Gasteiger partial charge in [-0.15, -0.1) is 10.2 Å². The van der Waals surface area contributed by atoms with E-state index >= 15 is 0 Å². The third kappa shape index (κ3) is 2.50. The van der Waals surface area contributed by atoms with Crippen LogP contribution < -0.4 is 0 Å². The summed E-state index contributed by atoms with van der Waals surface area (Å²) >= 11 is 11.4. The van der Waals surface area contributed by atoms with Crippen molar-refractivity contribution in [3.8, 4) is 0 Å². The fourth-order valence-electron chi connectivity index (χ4n) is 1.61. The van der Waals surface area contributed by atoms with Gasteiger partial charge in [0.25, 0.3) is 5.91 Å². The smallest absolute Gasteiger partial charge is 0.257 e. The molecule has 0 bridgehead atoms. The molecule has 1 aromatic rings. The van der Waals surface area contributed by atoms with Gasteiger partial charge >= 0.3 is 0 Å². The van der Waals surface area contributed by atoms with E-state index < -0.39 is 18.1 Å². The number of likely N-dealkylation sites (tertiary alicyclic amines) is 1. The van der Waals surface area contributed by atoms with Gasteiger partial charge in [0.1, 0.15) is 0 Å². The van der Waals surface area contributed by atoms with E-state index in [2.05, 4.69) is 10.2 Å². The molecule has 92 valence electrons.